The molecule has 0 saturated heterocycles. The van der Waals surface area contributed by atoms with Crippen molar-refractivity contribution in [2.75, 3.05) is 4.90 Å². The number of imide groups is 1. The van der Waals surface area contributed by atoms with Crippen molar-refractivity contribution in [3.8, 4) is 28.1 Å². The first-order chi connectivity index (χ1) is 20.7. The molecule has 5 nitrogen and oxygen atoms in total. The molecule has 0 radical (unpaired) electrons. The van der Waals surface area contributed by atoms with Gasteiger partial charge in [-0.2, -0.15) is 0 Å². The van der Waals surface area contributed by atoms with E-state index in [2.05, 4.69) is 39.9 Å². The molecule has 2 aromatic heterocycles. The highest BCUT2D eigenvalue weighted by molar-refractivity contribution is 6.35. The summed E-state index contributed by atoms with van der Waals surface area (Å²) in [6.45, 7) is 0. The van der Waals surface area contributed by atoms with Crippen LogP contribution in [0, 0.1) is 0 Å². The number of para-hydroxylation sites is 1. The van der Waals surface area contributed by atoms with Crippen LogP contribution in [-0.4, -0.2) is 21.4 Å². The molecule has 1 aliphatic rings. The molecule has 3 heterocycles. The van der Waals surface area contributed by atoms with Crippen LogP contribution in [0.15, 0.2) is 140 Å². The van der Waals surface area contributed by atoms with Crippen molar-refractivity contribution in [1.29, 1.82) is 0 Å². The Bertz CT molecular complexity index is 2170. The smallest absolute Gasteiger partial charge is 0.268 e. The number of nitrogens with zero attached hydrogens (tertiary/aromatic N) is 3. The molecule has 8 rings (SSSR count). The maximum Gasteiger partial charge on any atom is 0.268 e. The summed E-state index contributed by atoms with van der Waals surface area (Å²) in [6.07, 6.45) is 1.78. The highest BCUT2D eigenvalue weighted by Gasteiger charge is 2.39. The highest BCUT2D eigenvalue weighted by Crippen LogP contribution is 2.39. The van der Waals surface area contributed by atoms with Gasteiger partial charge >= 0.3 is 0 Å². The summed E-state index contributed by atoms with van der Waals surface area (Å²) in [4.78, 5) is 33.7. The van der Waals surface area contributed by atoms with Gasteiger partial charge in [-0.1, -0.05) is 84.9 Å². The molecule has 42 heavy (non-hydrogen) atoms. The number of pyridine rings is 1. The van der Waals surface area contributed by atoms with E-state index in [-0.39, 0.29) is 11.8 Å². The average molecular weight is 542 g/mol. The summed E-state index contributed by atoms with van der Waals surface area (Å²) in [5.74, 6) is -0.649. The molecule has 7 aromatic rings. The first-order valence-electron chi connectivity index (χ1n) is 13.8. The summed E-state index contributed by atoms with van der Waals surface area (Å²) in [5, 5.41) is 2.14. The highest BCUT2D eigenvalue weighted by atomic mass is 16.2. The third-order valence-electron chi connectivity index (χ3n) is 8.00. The molecular formula is C37H23N3O2. The molecule has 0 spiro atoms. The minimum Gasteiger partial charge on any atom is -0.308 e. The van der Waals surface area contributed by atoms with Crippen molar-refractivity contribution in [2.24, 2.45) is 0 Å². The maximum absolute atomic E-state index is 14.1. The number of carbonyl (C=O) groups excluding carboxylic acids is 2. The van der Waals surface area contributed by atoms with E-state index in [0.29, 0.717) is 22.5 Å². The zero-order valence-corrected chi connectivity index (χ0v) is 22.4. The van der Waals surface area contributed by atoms with Crippen LogP contribution < -0.4 is 4.90 Å². The molecule has 5 heteroatoms. The number of hydrogen-bond donors (Lipinski definition) is 0. The first-order valence-corrected chi connectivity index (χ1v) is 13.8. The van der Waals surface area contributed by atoms with Crippen molar-refractivity contribution in [1.82, 2.24) is 9.55 Å². The minimum atomic E-state index is -0.329. The summed E-state index contributed by atoms with van der Waals surface area (Å²) in [5.41, 5.74) is 7.87. The van der Waals surface area contributed by atoms with E-state index >= 15 is 0 Å². The molecule has 2 amide bonds. The second kappa shape index (κ2) is 9.39. The zero-order valence-electron chi connectivity index (χ0n) is 22.4. The van der Waals surface area contributed by atoms with E-state index in [0.717, 1.165) is 44.2 Å². The molecule has 1 aliphatic heterocycles. The minimum absolute atomic E-state index is 0.320. The quantitative estimate of drug-likeness (QED) is 0.211. The molecule has 198 valence electrons. The zero-order chi connectivity index (χ0) is 28.2. The average Bonchev–Trinajstić information content (AvgIpc) is 3.52. The molecule has 0 saturated carbocycles. The lowest BCUT2D eigenvalue weighted by molar-refractivity contribution is 0.0926. The van der Waals surface area contributed by atoms with Crippen molar-refractivity contribution in [2.45, 2.75) is 0 Å². The Morgan fingerprint density at radius 3 is 2.05 bits per heavy atom. The van der Waals surface area contributed by atoms with Crippen LogP contribution in [0.2, 0.25) is 0 Å². The van der Waals surface area contributed by atoms with Crippen molar-refractivity contribution < 1.29 is 9.59 Å². The topological polar surface area (TPSA) is 55.2 Å². The molecule has 0 N–H and O–H groups in total. The van der Waals surface area contributed by atoms with Crippen LogP contribution in [-0.2, 0) is 0 Å². The Morgan fingerprint density at radius 2 is 1.24 bits per heavy atom. The van der Waals surface area contributed by atoms with Crippen LogP contribution >= 0.6 is 0 Å². The predicted octanol–water partition coefficient (Wildman–Crippen LogP) is 8.31. The van der Waals surface area contributed by atoms with Gasteiger partial charge in [0.1, 0.15) is 0 Å². The lowest BCUT2D eigenvalue weighted by Crippen LogP contribution is -2.29. The van der Waals surface area contributed by atoms with Crippen LogP contribution in [0.3, 0.4) is 0 Å². The SMILES string of the molecule is O=C1c2cccc(-n3c4ccccc4c4ccc(-c5ccccn5)cc43)c2C(=O)N1c1ccc(-c2ccccc2)cc1. The Labute approximate surface area is 241 Å². The monoisotopic (exact) mass is 541 g/mol. The third kappa shape index (κ3) is 3.61. The predicted molar refractivity (Wildman–Crippen MR) is 167 cm³/mol. The van der Waals surface area contributed by atoms with Gasteiger partial charge in [0, 0.05) is 22.5 Å². The molecule has 0 bridgehead atoms. The fourth-order valence-corrected chi connectivity index (χ4v) is 6.04. The third-order valence-corrected chi connectivity index (χ3v) is 8.00. The number of carbonyl (C=O) groups is 2. The molecule has 0 aliphatic carbocycles. The fraction of sp³-hybridized carbons (Fsp3) is 0. The van der Waals surface area contributed by atoms with Gasteiger partial charge in [0.25, 0.3) is 11.8 Å². The second-order valence-corrected chi connectivity index (χ2v) is 10.4. The Morgan fingerprint density at radius 1 is 0.524 bits per heavy atom. The normalized spacial score (nSPS) is 12.8. The van der Waals surface area contributed by atoms with E-state index in [1.54, 1.807) is 12.3 Å². The molecule has 0 unspecified atom stereocenters. The van der Waals surface area contributed by atoms with E-state index < -0.39 is 0 Å². The number of hydrogen-bond acceptors (Lipinski definition) is 3. The van der Waals surface area contributed by atoms with Crippen LogP contribution in [0.5, 0.6) is 0 Å². The fourth-order valence-electron chi connectivity index (χ4n) is 6.04. The number of fused-ring (bicyclic) bond motifs is 4. The van der Waals surface area contributed by atoms with Gasteiger partial charge in [0.15, 0.2) is 0 Å². The number of rotatable bonds is 4. The van der Waals surface area contributed by atoms with Gasteiger partial charge in [0.2, 0.25) is 0 Å². The summed E-state index contributed by atoms with van der Waals surface area (Å²) < 4.78 is 2.10. The van der Waals surface area contributed by atoms with Crippen LogP contribution in [0.25, 0.3) is 49.9 Å². The van der Waals surface area contributed by atoms with Crippen molar-refractivity contribution >= 4 is 39.3 Å². The van der Waals surface area contributed by atoms with E-state index in [4.69, 9.17) is 0 Å². The Hall–Kier alpha value is -5.81. The lowest BCUT2D eigenvalue weighted by Gasteiger charge is -2.15. The summed E-state index contributed by atoms with van der Waals surface area (Å²) >= 11 is 0. The van der Waals surface area contributed by atoms with Crippen LogP contribution in [0.1, 0.15) is 20.7 Å². The number of aromatic nitrogens is 2. The number of anilines is 1. The number of benzene rings is 5. The van der Waals surface area contributed by atoms with Gasteiger partial charge in [0.05, 0.1) is 39.2 Å². The van der Waals surface area contributed by atoms with Gasteiger partial charge in [-0.05, 0) is 59.7 Å². The maximum atomic E-state index is 14.1. The number of amides is 2. The molecule has 0 fully saturated rings. The largest absolute Gasteiger partial charge is 0.308 e. The van der Waals surface area contributed by atoms with Gasteiger partial charge in [-0.25, -0.2) is 4.90 Å². The lowest BCUT2D eigenvalue weighted by atomic mass is 10.1. The molecule has 0 atom stereocenters. The Kier molecular flexibility index (Phi) is 5.37. The molecule has 5 aromatic carbocycles. The van der Waals surface area contributed by atoms with Gasteiger partial charge in [-0.15, -0.1) is 0 Å². The van der Waals surface area contributed by atoms with Crippen molar-refractivity contribution in [3.05, 3.63) is 151 Å². The summed E-state index contributed by atoms with van der Waals surface area (Å²) in [6, 6.07) is 43.4. The first kappa shape index (κ1) is 24.0. The molecular weight excluding hydrogens is 518 g/mol. The van der Waals surface area contributed by atoms with Gasteiger partial charge in [-0.3, -0.25) is 14.6 Å². The van der Waals surface area contributed by atoms with Gasteiger partial charge < -0.3 is 4.57 Å². The second-order valence-electron chi connectivity index (χ2n) is 10.4. The van der Waals surface area contributed by atoms with E-state index in [1.165, 1.54) is 4.90 Å². The van der Waals surface area contributed by atoms with Crippen LogP contribution in [0.4, 0.5) is 5.69 Å². The van der Waals surface area contributed by atoms with Crippen molar-refractivity contribution in [3.63, 3.8) is 0 Å². The Balaban J connectivity index is 1.29. The summed E-state index contributed by atoms with van der Waals surface area (Å²) in [7, 11) is 0. The van der Waals surface area contributed by atoms with E-state index in [1.807, 2.05) is 97.1 Å². The van der Waals surface area contributed by atoms with E-state index in [9.17, 15) is 9.59 Å². The standard InChI is InChI=1S/C37H23N3O2/c41-36-30-12-8-15-33(35(30)37(42)39(36)27-19-16-25(17-20-27)24-9-2-1-3-10-24)40-32-14-5-4-11-28(32)29-21-18-26(23-34(29)40)31-13-6-7-22-38-31/h1-23H.